The van der Waals surface area contributed by atoms with E-state index in [1.165, 1.54) is 25.3 Å². The molecular formula is C21H20N2O5. The van der Waals surface area contributed by atoms with Gasteiger partial charge >= 0.3 is 0 Å². The molecule has 1 fully saturated rings. The first-order chi connectivity index (χ1) is 13.6. The van der Waals surface area contributed by atoms with Gasteiger partial charge in [0.25, 0.3) is 11.8 Å². The van der Waals surface area contributed by atoms with Crippen molar-refractivity contribution in [2.45, 2.75) is 0 Å². The lowest BCUT2D eigenvalue weighted by atomic mass is 10.1. The summed E-state index contributed by atoms with van der Waals surface area (Å²) in [5.41, 5.74) is 3.71. The Labute approximate surface area is 162 Å². The standard InChI is InChI=1S/C21H20N2O5/c1-4-10-28-19-17(26-2)12-14(13-18(19)27-3)11-16-20(24)22-23(21(16)25)15-8-6-5-7-9-15/h4-9,11-13H,1,10H2,2-3H3,(H,22,24)/b16-11-. The Hall–Kier alpha value is -3.74. The van der Waals surface area contributed by atoms with Crippen LogP contribution in [0, 0.1) is 0 Å². The number of amides is 2. The number of hydrazine groups is 1. The lowest BCUT2D eigenvalue weighted by Gasteiger charge is -2.14. The number of hydrogen-bond donors (Lipinski definition) is 1. The Morgan fingerprint density at radius 1 is 1.07 bits per heavy atom. The van der Waals surface area contributed by atoms with Crippen LogP contribution in [-0.2, 0) is 9.59 Å². The Bertz CT molecular complexity index is 912. The molecule has 1 saturated heterocycles. The highest BCUT2D eigenvalue weighted by atomic mass is 16.5. The zero-order chi connectivity index (χ0) is 20.1. The van der Waals surface area contributed by atoms with Gasteiger partial charge in [-0.25, -0.2) is 5.01 Å². The smallest absolute Gasteiger partial charge is 0.282 e. The Balaban J connectivity index is 1.97. The average Bonchev–Trinajstić information content (AvgIpc) is 3.01. The molecule has 28 heavy (non-hydrogen) atoms. The van der Waals surface area contributed by atoms with E-state index in [1.807, 2.05) is 6.07 Å². The molecule has 0 unspecified atom stereocenters. The number of rotatable bonds is 7. The summed E-state index contributed by atoms with van der Waals surface area (Å²) >= 11 is 0. The van der Waals surface area contributed by atoms with Gasteiger partial charge in [0.05, 0.1) is 19.9 Å². The summed E-state index contributed by atoms with van der Waals surface area (Å²) in [6, 6.07) is 12.2. The molecule has 3 rings (SSSR count). The maximum absolute atomic E-state index is 12.7. The van der Waals surface area contributed by atoms with Crippen LogP contribution in [0.3, 0.4) is 0 Å². The van der Waals surface area contributed by atoms with Crippen LogP contribution in [0.25, 0.3) is 6.08 Å². The van der Waals surface area contributed by atoms with Crippen molar-refractivity contribution >= 4 is 23.6 Å². The molecule has 7 heteroatoms. The molecule has 2 amide bonds. The van der Waals surface area contributed by atoms with Crippen LogP contribution in [0.2, 0.25) is 0 Å². The minimum Gasteiger partial charge on any atom is -0.493 e. The van der Waals surface area contributed by atoms with Crippen molar-refractivity contribution < 1.29 is 23.8 Å². The van der Waals surface area contributed by atoms with E-state index in [1.54, 1.807) is 42.5 Å². The lowest BCUT2D eigenvalue weighted by molar-refractivity contribution is -0.117. The first-order valence-corrected chi connectivity index (χ1v) is 8.51. The Morgan fingerprint density at radius 2 is 1.71 bits per heavy atom. The summed E-state index contributed by atoms with van der Waals surface area (Å²) in [5.74, 6) is 0.317. The second-order valence-corrected chi connectivity index (χ2v) is 5.83. The highest BCUT2D eigenvalue weighted by molar-refractivity contribution is 6.31. The SMILES string of the molecule is C=CCOc1c(OC)cc(/C=C2/C(=O)NN(c3ccccc3)C2=O)cc1OC. The molecular weight excluding hydrogens is 360 g/mol. The fraction of sp³-hybridized carbons (Fsp3) is 0.143. The van der Waals surface area contributed by atoms with Gasteiger partial charge in [0.2, 0.25) is 5.75 Å². The summed E-state index contributed by atoms with van der Waals surface area (Å²) < 4.78 is 16.3. The van der Waals surface area contributed by atoms with Crippen molar-refractivity contribution in [1.82, 2.24) is 5.43 Å². The Kier molecular flexibility index (Phi) is 5.64. The van der Waals surface area contributed by atoms with E-state index in [-0.39, 0.29) is 12.2 Å². The van der Waals surface area contributed by atoms with Crippen LogP contribution >= 0.6 is 0 Å². The molecule has 1 aliphatic rings. The van der Waals surface area contributed by atoms with E-state index < -0.39 is 11.8 Å². The molecule has 2 aromatic rings. The van der Waals surface area contributed by atoms with Gasteiger partial charge in [-0.1, -0.05) is 30.9 Å². The van der Waals surface area contributed by atoms with Gasteiger partial charge in [-0.3, -0.25) is 15.0 Å². The molecule has 1 heterocycles. The quantitative estimate of drug-likeness (QED) is 0.454. The van der Waals surface area contributed by atoms with Gasteiger partial charge < -0.3 is 14.2 Å². The van der Waals surface area contributed by atoms with E-state index in [4.69, 9.17) is 14.2 Å². The zero-order valence-electron chi connectivity index (χ0n) is 15.6. The van der Waals surface area contributed by atoms with Gasteiger partial charge in [0.1, 0.15) is 12.2 Å². The van der Waals surface area contributed by atoms with Gasteiger partial charge in [-0.2, -0.15) is 0 Å². The topological polar surface area (TPSA) is 77.1 Å². The molecule has 7 nitrogen and oxygen atoms in total. The monoisotopic (exact) mass is 380 g/mol. The number of ether oxygens (including phenoxy) is 3. The molecule has 0 bridgehead atoms. The van der Waals surface area contributed by atoms with E-state index in [2.05, 4.69) is 12.0 Å². The average molecular weight is 380 g/mol. The Morgan fingerprint density at radius 3 is 2.29 bits per heavy atom. The first kappa shape index (κ1) is 19.0. The largest absolute Gasteiger partial charge is 0.493 e. The summed E-state index contributed by atoms with van der Waals surface area (Å²) in [6.07, 6.45) is 3.09. The first-order valence-electron chi connectivity index (χ1n) is 8.51. The van der Waals surface area contributed by atoms with E-state index >= 15 is 0 Å². The number of nitrogens with zero attached hydrogens (tertiary/aromatic N) is 1. The van der Waals surface area contributed by atoms with Crippen molar-refractivity contribution in [3.8, 4) is 17.2 Å². The van der Waals surface area contributed by atoms with Crippen molar-refractivity contribution in [2.75, 3.05) is 25.8 Å². The van der Waals surface area contributed by atoms with Crippen LogP contribution in [0.1, 0.15) is 5.56 Å². The number of carbonyl (C=O) groups excluding carboxylic acids is 2. The number of hydrogen-bond acceptors (Lipinski definition) is 5. The molecule has 0 aliphatic carbocycles. The normalized spacial score (nSPS) is 14.8. The summed E-state index contributed by atoms with van der Waals surface area (Å²) in [6.45, 7) is 3.90. The van der Waals surface area contributed by atoms with Gasteiger partial charge in [-0.05, 0) is 35.9 Å². The molecule has 0 atom stereocenters. The molecule has 0 radical (unpaired) electrons. The fourth-order valence-electron chi connectivity index (χ4n) is 2.75. The number of benzene rings is 2. The number of anilines is 1. The van der Waals surface area contributed by atoms with Gasteiger partial charge in [0, 0.05) is 0 Å². The molecule has 2 aromatic carbocycles. The third-order valence-electron chi connectivity index (χ3n) is 4.05. The summed E-state index contributed by atoms with van der Waals surface area (Å²) in [7, 11) is 2.99. The maximum Gasteiger partial charge on any atom is 0.282 e. The predicted molar refractivity (Wildman–Crippen MR) is 105 cm³/mol. The third-order valence-corrected chi connectivity index (χ3v) is 4.05. The minimum atomic E-state index is -0.487. The van der Waals surface area contributed by atoms with Crippen molar-refractivity contribution in [3.05, 3.63) is 66.3 Å². The van der Waals surface area contributed by atoms with Gasteiger partial charge in [-0.15, -0.1) is 0 Å². The maximum atomic E-state index is 12.7. The molecule has 1 aliphatic heterocycles. The van der Waals surface area contributed by atoms with Crippen molar-refractivity contribution in [1.29, 1.82) is 0 Å². The van der Waals surface area contributed by atoms with E-state index in [0.717, 1.165) is 0 Å². The fourth-order valence-corrected chi connectivity index (χ4v) is 2.75. The zero-order valence-corrected chi connectivity index (χ0v) is 15.6. The van der Waals surface area contributed by atoms with Crippen LogP contribution < -0.4 is 24.6 Å². The minimum absolute atomic E-state index is 0.00715. The van der Waals surface area contributed by atoms with Crippen LogP contribution in [-0.4, -0.2) is 32.6 Å². The second kappa shape index (κ2) is 8.30. The lowest BCUT2D eigenvalue weighted by Crippen LogP contribution is -2.35. The molecule has 0 aromatic heterocycles. The van der Waals surface area contributed by atoms with Crippen LogP contribution in [0.15, 0.2) is 60.7 Å². The molecule has 1 N–H and O–H groups in total. The highest BCUT2D eigenvalue weighted by Crippen LogP contribution is 2.39. The van der Waals surface area contributed by atoms with Crippen molar-refractivity contribution in [2.24, 2.45) is 0 Å². The highest BCUT2D eigenvalue weighted by Gasteiger charge is 2.34. The number of methoxy groups -OCH3 is 2. The van der Waals surface area contributed by atoms with Crippen LogP contribution in [0.4, 0.5) is 5.69 Å². The number of para-hydroxylation sites is 1. The van der Waals surface area contributed by atoms with Crippen molar-refractivity contribution in [3.63, 3.8) is 0 Å². The number of nitrogens with one attached hydrogen (secondary N) is 1. The number of carbonyl (C=O) groups is 2. The molecule has 144 valence electrons. The van der Waals surface area contributed by atoms with Gasteiger partial charge in [0.15, 0.2) is 11.5 Å². The van der Waals surface area contributed by atoms with Crippen LogP contribution in [0.5, 0.6) is 17.2 Å². The second-order valence-electron chi connectivity index (χ2n) is 5.83. The molecule has 0 spiro atoms. The predicted octanol–water partition coefficient (Wildman–Crippen LogP) is 2.73. The summed E-state index contributed by atoms with van der Waals surface area (Å²) in [5, 5.41) is 1.21. The summed E-state index contributed by atoms with van der Waals surface area (Å²) in [4.78, 5) is 25.1. The van der Waals surface area contributed by atoms with E-state index in [0.29, 0.717) is 28.5 Å². The third kappa shape index (κ3) is 3.68. The van der Waals surface area contributed by atoms with E-state index in [9.17, 15) is 9.59 Å². The molecule has 0 saturated carbocycles.